The van der Waals surface area contributed by atoms with E-state index in [9.17, 15) is 18.4 Å². The molecule has 2 saturated heterocycles. The molecule has 2 aliphatic heterocycles. The molecule has 61 heavy (non-hydrogen) atoms. The third kappa shape index (κ3) is 11.1. The summed E-state index contributed by atoms with van der Waals surface area (Å²) in [5.41, 5.74) is 12.6. The van der Waals surface area contributed by atoms with Crippen LogP contribution in [0.1, 0.15) is 105 Å². The number of carboxylic acids is 1. The number of aromatic nitrogens is 6. The number of aryl methyl sites for hydroxylation is 3. The molecule has 0 bridgehead atoms. The summed E-state index contributed by atoms with van der Waals surface area (Å²) in [6, 6.07) is 18.4. The van der Waals surface area contributed by atoms with Crippen molar-refractivity contribution < 1.29 is 23.5 Å². The highest BCUT2D eigenvalue weighted by Crippen LogP contribution is 2.29. The van der Waals surface area contributed by atoms with Gasteiger partial charge in [-0.15, -0.1) is 0 Å². The number of ketones is 1. The molecule has 12 nitrogen and oxygen atoms in total. The number of aliphatic carboxylic acids is 1. The number of benzene rings is 2. The molecule has 0 amide bonds. The van der Waals surface area contributed by atoms with Crippen molar-refractivity contribution in [1.29, 1.82) is 0 Å². The second-order valence-corrected chi connectivity index (χ2v) is 16.8. The summed E-state index contributed by atoms with van der Waals surface area (Å²) in [5, 5.41) is 21.7. The maximum absolute atomic E-state index is 13.8. The number of anilines is 2. The molecule has 0 spiro atoms. The standard InChI is InChI=1S/C24H29FN4O.C13H21N3.C10H9FN2O2/c1-15-10-12-29(13-11-15)24-18(5-4-16(2)26-24)7-9-22(30)17(3)19-6-8-21-20(14-19)23(25)28-27-21;1-10-5-7-16(8-6-10)13-12(9-14)4-3-11(2)15-13;1-5(10(14)15)6-2-3-8-7(4-6)9(11)13-12-8/h4-6,8,14-15,17H,7,9-13H2,1-3H3,(H,27,28);3-4,10H,5-9,14H2,1-2H3;2-5H,1H3,(H,12,13)(H,14,15). The first kappa shape index (κ1) is 44.8. The van der Waals surface area contributed by atoms with Crippen molar-refractivity contribution in [2.45, 2.75) is 98.4 Å². The predicted molar refractivity (Wildman–Crippen MR) is 237 cm³/mol. The van der Waals surface area contributed by atoms with Crippen LogP contribution in [-0.2, 0) is 22.6 Å². The zero-order valence-electron chi connectivity index (χ0n) is 36.1. The van der Waals surface area contributed by atoms with Gasteiger partial charge in [-0.1, -0.05) is 45.0 Å². The molecule has 2 aliphatic rings. The number of halogens is 2. The van der Waals surface area contributed by atoms with Gasteiger partial charge in [0.15, 0.2) is 0 Å². The molecule has 0 aliphatic carbocycles. The number of nitrogens with one attached hydrogen (secondary N) is 2. The topological polar surface area (TPSA) is 170 Å². The smallest absolute Gasteiger partial charge is 0.310 e. The Morgan fingerprint density at radius 1 is 0.721 bits per heavy atom. The van der Waals surface area contributed by atoms with Gasteiger partial charge in [0.25, 0.3) is 0 Å². The highest BCUT2D eigenvalue weighted by Gasteiger charge is 2.23. The van der Waals surface area contributed by atoms with Crippen LogP contribution in [0.25, 0.3) is 21.8 Å². The van der Waals surface area contributed by atoms with Crippen LogP contribution in [0, 0.1) is 37.6 Å². The lowest BCUT2D eigenvalue weighted by Crippen LogP contribution is -2.34. The van der Waals surface area contributed by atoms with E-state index in [0.29, 0.717) is 46.8 Å². The molecule has 2 unspecified atom stereocenters. The minimum Gasteiger partial charge on any atom is -0.481 e. The number of Topliss-reactive ketones (excluding diaryl/α,β-unsaturated/α-hetero) is 1. The first-order valence-corrected chi connectivity index (χ1v) is 21.4. The van der Waals surface area contributed by atoms with Crippen LogP contribution in [0.15, 0.2) is 60.7 Å². The molecule has 8 rings (SSSR count). The lowest BCUT2D eigenvalue weighted by Gasteiger charge is -2.32. The van der Waals surface area contributed by atoms with Crippen molar-refractivity contribution in [3.05, 3.63) is 106 Å². The van der Waals surface area contributed by atoms with E-state index < -0.39 is 23.8 Å². The van der Waals surface area contributed by atoms with E-state index >= 15 is 0 Å². The second-order valence-electron chi connectivity index (χ2n) is 16.8. The molecule has 14 heteroatoms. The van der Waals surface area contributed by atoms with Crippen molar-refractivity contribution in [2.75, 3.05) is 36.0 Å². The Bertz CT molecular complexity index is 2430. The molecule has 6 heterocycles. The average molecular weight is 836 g/mol. The third-order valence-electron chi connectivity index (χ3n) is 12.1. The first-order chi connectivity index (χ1) is 29.2. The number of hydrogen-bond acceptors (Lipinski definition) is 9. The summed E-state index contributed by atoms with van der Waals surface area (Å²) in [7, 11) is 0. The van der Waals surface area contributed by atoms with Gasteiger partial charge >= 0.3 is 5.97 Å². The van der Waals surface area contributed by atoms with Crippen molar-refractivity contribution in [1.82, 2.24) is 30.4 Å². The highest BCUT2D eigenvalue weighted by molar-refractivity contribution is 5.88. The Kier molecular flexibility index (Phi) is 14.8. The predicted octanol–water partition coefficient (Wildman–Crippen LogP) is 8.92. The van der Waals surface area contributed by atoms with Crippen LogP contribution >= 0.6 is 0 Å². The minimum atomic E-state index is -0.932. The molecule has 5 N–H and O–H groups in total. The Morgan fingerprint density at radius 3 is 1.62 bits per heavy atom. The summed E-state index contributed by atoms with van der Waals surface area (Å²) < 4.78 is 26.9. The van der Waals surface area contributed by atoms with Gasteiger partial charge < -0.3 is 20.6 Å². The molecular weight excluding hydrogens is 777 g/mol. The van der Waals surface area contributed by atoms with Crippen molar-refractivity contribution >= 4 is 45.2 Å². The van der Waals surface area contributed by atoms with Crippen molar-refractivity contribution in [3.63, 3.8) is 0 Å². The molecule has 6 aromatic rings. The number of carbonyl (C=O) groups is 2. The number of carbonyl (C=O) groups excluding carboxylic acids is 1. The molecular formula is C47H59F2N9O3. The van der Waals surface area contributed by atoms with Crippen LogP contribution in [0.2, 0.25) is 0 Å². The Balaban J connectivity index is 0.000000169. The first-order valence-electron chi connectivity index (χ1n) is 21.4. The lowest BCUT2D eigenvalue weighted by molar-refractivity contribution is -0.138. The second kappa shape index (κ2) is 20.2. The Morgan fingerprint density at radius 2 is 1.16 bits per heavy atom. The quantitative estimate of drug-likeness (QED) is 0.105. The summed E-state index contributed by atoms with van der Waals surface area (Å²) in [6.45, 7) is 17.0. The van der Waals surface area contributed by atoms with Crippen molar-refractivity contribution in [2.24, 2.45) is 17.6 Å². The zero-order chi connectivity index (χ0) is 43.8. The number of aromatic amines is 2. The van der Waals surface area contributed by atoms with Gasteiger partial charge in [-0.05, 0) is 118 Å². The van der Waals surface area contributed by atoms with E-state index in [4.69, 9.17) is 15.8 Å². The van der Waals surface area contributed by atoms with Gasteiger partial charge in [-0.25, -0.2) is 9.97 Å². The summed E-state index contributed by atoms with van der Waals surface area (Å²) in [4.78, 5) is 37.9. The number of rotatable bonds is 10. The molecule has 324 valence electrons. The molecule has 2 atom stereocenters. The van der Waals surface area contributed by atoms with Gasteiger partial charge in [0.2, 0.25) is 11.9 Å². The van der Waals surface area contributed by atoms with E-state index in [1.54, 1.807) is 31.2 Å². The molecule has 2 fully saturated rings. The van der Waals surface area contributed by atoms with E-state index in [1.807, 2.05) is 39.0 Å². The van der Waals surface area contributed by atoms with E-state index in [0.717, 1.165) is 72.2 Å². The van der Waals surface area contributed by atoms with Crippen LogP contribution in [0.4, 0.5) is 20.4 Å². The fraction of sp³-hybridized carbons (Fsp3) is 0.447. The number of nitrogens with zero attached hydrogens (tertiary/aromatic N) is 6. The maximum Gasteiger partial charge on any atom is 0.310 e. The molecule has 0 radical (unpaired) electrons. The Labute approximate surface area is 356 Å². The molecule has 2 aromatic carbocycles. The third-order valence-corrected chi connectivity index (χ3v) is 12.1. The highest BCUT2D eigenvalue weighted by atomic mass is 19.1. The van der Waals surface area contributed by atoms with Gasteiger partial charge in [0.1, 0.15) is 17.4 Å². The average Bonchev–Trinajstić information content (AvgIpc) is 3.83. The van der Waals surface area contributed by atoms with Crippen LogP contribution in [0.5, 0.6) is 0 Å². The summed E-state index contributed by atoms with van der Waals surface area (Å²) in [6.07, 6.45) is 5.99. The number of pyridine rings is 2. The summed E-state index contributed by atoms with van der Waals surface area (Å²) >= 11 is 0. The minimum absolute atomic E-state index is 0.150. The molecule has 0 saturated carbocycles. The number of nitrogens with two attached hydrogens (primary N) is 1. The number of carboxylic acid groups (broad SMARTS) is 1. The number of fused-ring (bicyclic) bond motifs is 2. The van der Waals surface area contributed by atoms with E-state index in [1.165, 1.54) is 37.3 Å². The number of H-pyrrole nitrogens is 2. The fourth-order valence-electron chi connectivity index (χ4n) is 7.82. The normalized spacial score (nSPS) is 15.8. The van der Waals surface area contributed by atoms with Gasteiger partial charge in [0, 0.05) is 62.0 Å². The number of hydrogen-bond donors (Lipinski definition) is 4. The number of piperidine rings is 2. The fourth-order valence-corrected chi connectivity index (χ4v) is 7.82. The lowest BCUT2D eigenvalue weighted by atomic mass is 9.92. The van der Waals surface area contributed by atoms with Crippen LogP contribution in [-0.4, -0.2) is 73.4 Å². The van der Waals surface area contributed by atoms with Crippen molar-refractivity contribution in [3.8, 4) is 0 Å². The van der Waals surface area contributed by atoms with Gasteiger partial charge in [-0.3, -0.25) is 19.8 Å². The van der Waals surface area contributed by atoms with Crippen LogP contribution in [0.3, 0.4) is 0 Å². The van der Waals surface area contributed by atoms with Gasteiger partial charge in [-0.2, -0.15) is 19.0 Å². The summed E-state index contributed by atoms with van der Waals surface area (Å²) in [5.74, 6) is 1.03. The Hall–Kier alpha value is -5.76. The van der Waals surface area contributed by atoms with E-state index in [-0.39, 0.29) is 11.7 Å². The van der Waals surface area contributed by atoms with Gasteiger partial charge in [0.05, 0.1) is 27.7 Å². The molecule has 4 aromatic heterocycles. The monoisotopic (exact) mass is 835 g/mol. The maximum atomic E-state index is 13.8. The van der Waals surface area contributed by atoms with Crippen LogP contribution < -0.4 is 15.5 Å². The SMILES string of the molecule is CC(C(=O)O)c1ccc2n[nH]c(F)c2c1.Cc1ccc(CCC(=O)C(C)c2ccc3n[nH]c(F)c3c2)c(N2CCC(C)CC2)n1.Cc1ccc(CN)c(N2CCC(C)CC2)n1. The largest absolute Gasteiger partial charge is 0.481 e. The van der Waals surface area contributed by atoms with E-state index in [2.05, 4.69) is 61.2 Å². The zero-order valence-corrected chi connectivity index (χ0v) is 36.1.